The lowest BCUT2D eigenvalue weighted by Gasteiger charge is -2.26. The van der Waals surface area contributed by atoms with Crippen LogP contribution in [-0.2, 0) is 16.6 Å². The Hall–Kier alpha value is -4.08. The van der Waals surface area contributed by atoms with E-state index in [0.29, 0.717) is 36.2 Å². The number of ether oxygens (including phenoxy) is 2. The molecule has 0 amide bonds. The summed E-state index contributed by atoms with van der Waals surface area (Å²) in [6.45, 7) is 0.366. The van der Waals surface area contributed by atoms with E-state index < -0.39 is 15.6 Å². The van der Waals surface area contributed by atoms with E-state index in [4.69, 9.17) is 14.0 Å². The summed E-state index contributed by atoms with van der Waals surface area (Å²) in [5, 5.41) is 19.0. The number of anilines is 1. The number of nitrogens with zero attached hydrogens (tertiary/aromatic N) is 4. The summed E-state index contributed by atoms with van der Waals surface area (Å²) in [5.41, 5.74) is 0.411. The Kier molecular flexibility index (Phi) is 6.96. The summed E-state index contributed by atoms with van der Waals surface area (Å²) < 4.78 is 47.0. The molecule has 1 aliphatic carbocycles. The Morgan fingerprint density at radius 1 is 1.18 bits per heavy atom. The van der Waals surface area contributed by atoms with Gasteiger partial charge < -0.3 is 19.1 Å². The van der Waals surface area contributed by atoms with Gasteiger partial charge >= 0.3 is 0 Å². The molecule has 3 heterocycles. The average Bonchev–Trinajstić information content (AvgIpc) is 3.57. The van der Waals surface area contributed by atoms with E-state index in [-0.39, 0.29) is 27.7 Å². The van der Waals surface area contributed by atoms with Crippen molar-refractivity contribution >= 4 is 26.8 Å². The normalized spacial score (nSPS) is 15.0. The molecule has 1 saturated carbocycles. The second-order valence-electron chi connectivity index (χ2n) is 9.04. The van der Waals surface area contributed by atoms with Crippen LogP contribution in [0.25, 0.3) is 11.0 Å². The minimum Gasteiger partial charge on any atom is -0.495 e. The van der Waals surface area contributed by atoms with Gasteiger partial charge in [-0.1, -0.05) is 23.4 Å². The molecule has 0 saturated heterocycles. The molecule has 1 fully saturated rings. The highest BCUT2D eigenvalue weighted by atomic mass is 32.2. The fraction of sp³-hybridized carbons (Fsp3) is 0.346. The molecule has 1 aromatic carbocycles. The van der Waals surface area contributed by atoms with Crippen LogP contribution in [0, 0.1) is 11.8 Å². The lowest BCUT2D eigenvalue weighted by atomic mass is 9.85. The van der Waals surface area contributed by atoms with Crippen LogP contribution in [0.1, 0.15) is 43.4 Å². The molecule has 198 valence electrons. The zero-order valence-corrected chi connectivity index (χ0v) is 21.8. The molecule has 0 aliphatic heterocycles. The Bertz CT molecular complexity index is 1610. The third kappa shape index (κ3) is 5.29. The van der Waals surface area contributed by atoms with E-state index in [1.165, 1.54) is 26.4 Å². The van der Waals surface area contributed by atoms with Crippen molar-refractivity contribution in [2.45, 2.75) is 49.1 Å². The first-order valence-corrected chi connectivity index (χ1v) is 13.6. The van der Waals surface area contributed by atoms with Crippen LogP contribution in [0.4, 0.5) is 5.82 Å². The second-order valence-corrected chi connectivity index (χ2v) is 10.7. The Morgan fingerprint density at radius 2 is 2.00 bits per heavy atom. The van der Waals surface area contributed by atoms with E-state index in [2.05, 4.69) is 31.8 Å². The first-order valence-electron chi connectivity index (χ1n) is 12.1. The van der Waals surface area contributed by atoms with Gasteiger partial charge in [-0.05, 0) is 49.9 Å². The van der Waals surface area contributed by atoms with Crippen LogP contribution in [0.5, 0.6) is 11.6 Å². The van der Waals surface area contributed by atoms with Crippen LogP contribution in [0.2, 0.25) is 0 Å². The smallest absolute Gasteiger partial charge is 0.266 e. The molecule has 38 heavy (non-hydrogen) atoms. The number of methoxy groups -OCH3 is 2. The highest BCUT2D eigenvalue weighted by molar-refractivity contribution is 7.92. The first kappa shape index (κ1) is 25.6. The number of fused-ring (bicyclic) bond motifs is 1. The molecule has 3 aromatic heterocycles. The van der Waals surface area contributed by atoms with Crippen molar-refractivity contribution in [3.8, 4) is 23.5 Å². The van der Waals surface area contributed by atoms with Gasteiger partial charge in [0.1, 0.15) is 21.6 Å². The van der Waals surface area contributed by atoms with Crippen molar-refractivity contribution in [3.05, 3.63) is 54.0 Å². The van der Waals surface area contributed by atoms with Crippen LogP contribution in [0.15, 0.2) is 52.1 Å². The van der Waals surface area contributed by atoms with Gasteiger partial charge in [0, 0.05) is 24.0 Å². The minimum absolute atomic E-state index is 0.0690. The number of aliphatic hydroxyl groups is 1. The summed E-state index contributed by atoms with van der Waals surface area (Å²) in [6.07, 6.45) is 7.65. The number of aromatic nitrogens is 4. The number of hydrogen-bond donors (Lipinski definition) is 2. The molecule has 5 rings (SSSR count). The molecule has 0 atom stereocenters. The van der Waals surface area contributed by atoms with E-state index in [1.54, 1.807) is 35.3 Å². The third-order valence-corrected chi connectivity index (χ3v) is 7.73. The van der Waals surface area contributed by atoms with Gasteiger partial charge in [0.15, 0.2) is 11.4 Å². The molecule has 12 heteroatoms. The molecule has 2 N–H and O–H groups in total. The zero-order valence-electron chi connectivity index (χ0n) is 21.0. The van der Waals surface area contributed by atoms with Crippen molar-refractivity contribution in [1.82, 2.24) is 19.9 Å². The molecule has 1 aliphatic rings. The first-order chi connectivity index (χ1) is 18.3. The lowest BCUT2D eigenvalue weighted by molar-refractivity contribution is 0.0610. The standard InChI is InChI=1S/C26H27N5O6S/c1-35-20-15-18(9-12-26(32)10-4-3-5-11-26)7-8-22(20)38(33,34)30-24-23-21(37-29-24)16-19(28-25(23)36-2)17-31-14-6-13-27-31/h6-8,13-16,32H,3-5,10-11,17H2,1-2H3,(H,29,30). The second kappa shape index (κ2) is 10.4. The molecule has 0 bridgehead atoms. The third-order valence-electron chi connectivity index (χ3n) is 6.36. The highest BCUT2D eigenvalue weighted by Gasteiger charge is 2.27. The number of pyridine rings is 1. The minimum atomic E-state index is -4.15. The van der Waals surface area contributed by atoms with E-state index in [9.17, 15) is 13.5 Å². The lowest BCUT2D eigenvalue weighted by Crippen LogP contribution is -2.29. The van der Waals surface area contributed by atoms with Gasteiger partial charge in [-0.3, -0.25) is 9.40 Å². The van der Waals surface area contributed by atoms with Gasteiger partial charge in [-0.2, -0.15) is 5.10 Å². The number of nitrogens with one attached hydrogen (secondary N) is 1. The maximum absolute atomic E-state index is 13.3. The monoisotopic (exact) mass is 537 g/mol. The Morgan fingerprint density at radius 3 is 2.71 bits per heavy atom. The number of sulfonamides is 1. The maximum atomic E-state index is 13.3. The summed E-state index contributed by atoms with van der Waals surface area (Å²) in [5.74, 6) is 6.09. The van der Waals surface area contributed by atoms with Gasteiger partial charge in [-0.15, -0.1) is 0 Å². The molecule has 11 nitrogen and oxygen atoms in total. The number of benzene rings is 1. The molecular weight excluding hydrogens is 510 g/mol. The summed E-state index contributed by atoms with van der Waals surface area (Å²) in [7, 11) is -1.35. The largest absolute Gasteiger partial charge is 0.495 e. The zero-order chi connectivity index (χ0) is 26.8. The van der Waals surface area contributed by atoms with Crippen molar-refractivity contribution < 1.29 is 27.5 Å². The van der Waals surface area contributed by atoms with Crippen molar-refractivity contribution in [3.63, 3.8) is 0 Å². The van der Waals surface area contributed by atoms with Crippen LogP contribution < -0.4 is 14.2 Å². The van der Waals surface area contributed by atoms with Crippen LogP contribution in [0.3, 0.4) is 0 Å². The highest BCUT2D eigenvalue weighted by Crippen LogP contribution is 2.34. The molecule has 0 unspecified atom stereocenters. The summed E-state index contributed by atoms with van der Waals surface area (Å²) in [6, 6.07) is 7.94. The van der Waals surface area contributed by atoms with Crippen molar-refractivity contribution in [1.29, 1.82) is 0 Å². The average molecular weight is 538 g/mol. The van der Waals surface area contributed by atoms with E-state index >= 15 is 0 Å². The summed E-state index contributed by atoms with van der Waals surface area (Å²) in [4.78, 5) is 4.35. The maximum Gasteiger partial charge on any atom is 0.266 e. The molecule has 0 spiro atoms. The summed E-state index contributed by atoms with van der Waals surface area (Å²) >= 11 is 0. The Balaban J connectivity index is 1.43. The number of rotatable bonds is 7. The fourth-order valence-corrected chi connectivity index (χ4v) is 5.59. The SMILES string of the molecule is COc1cc(C#CC2(O)CCCCC2)ccc1S(=O)(=O)Nc1noc2cc(Cn3cccn3)nc(OC)c12. The van der Waals surface area contributed by atoms with Gasteiger partial charge in [0.25, 0.3) is 10.0 Å². The van der Waals surface area contributed by atoms with Crippen LogP contribution in [-0.4, -0.2) is 53.3 Å². The van der Waals surface area contributed by atoms with Gasteiger partial charge in [0.05, 0.1) is 26.5 Å². The predicted octanol–water partition coefficient (Wildman–Crippen LogP) is 3.33. The van der Waals surface area contributed by atoms with E-state index in [1.807, 2.05) is 0 Å². The molecular formula is C26H27N5O6S. The van der Waals surface area contributed by atoms with Crippen LogP contribution >= 0.6 is 0 Å². The molecule has 0 radical (unpaired) electrons. The van der Waals surface area contributed by atoms with Gasteiger partial charge in [0.2, 0.25) is 5.88 Å². The molecule has 4 aromatic rings. The van der Waals surface area contributed by atoms with Crippen molar-refractivity contribution in [2.24, 2.45) is 0 Å². The van der Waals surface area contributed by atoms with E-state index in [0.717, 1.165) is 19.3 Å². The predicted molar refractivity (Wildman–Crippen MR) is 138 cm³/mol. The fourth-order valence-electron chi connectivity index (χ4n) is 4.44. The number of hydrogen-bond acceptors (Lipinski definition) is 9. The Labute approximate surface area is 219 Å². The van der Waals surface area contributed by atoms with Gasteiger partial charge in [-0.25, -0.2) is 13.4 Å². The van der Waals surface area contributed by atoms with Crippen molar-refractivity contribution in [2.75, 3.05) is 18.9 Å². The topological polar surface area (TPSA) is 142 Å². The quantitative estimate of drug-likeness (QED) is 0.340.